The molecule has 2 aromatic rings. The molecule has 2 aromatic carbocycles. The van der Waals surface area contributed by atoms with Crippen LogP contribution in [0.15, 0.2) is 24.3 Å². The van der Waals surface area contributed by atoms with E-state index < -0.39 is 42.3 Å². The smallest absolute Gasteiger partial charge is 0.330 e. The molecule has 0 spiro atoms. The summed E-state index contributed by atoms with van der Waals surface area (Å²) in [6, 6.07) is 5.61. The highest BCUT2D eigenvalue weighted by molar-refractivity contribution is 14.1. The number of anilines is 1. The highest BCUT2D eigenvalue weighted by atomic mass is 127. The molecule has 1 aliphatic heterocycles. The molecule has 12 heteroatoms. The average Bonchev–Trinajstić information content (AvgIpc) is 3.06. The average molecular weight is 928 g/mol. The lowest BCUT2D eigenvalue weighted by Crippen LogP contribution is -2.49. The molecule has 3 rings (SSSR count). The minimum absolute atomic E-state index is 0.302. The number of rotatable bonds is 8. The number of esters is 1. The van der Waals surface area contributed by atoms with E-state index in [1.54, 1.807) is 38.1 Å². The molecule has 0 saturated carbocycles. The van der Waals surface area contributed by atoms with Gasteiger partial charge in [0.15, 0.2) is 6.61 Å². The van der Waals surface area contributed by atoms with Gasteiger partial charge in [-0.25, -0.2) is 4.79 Å². The van der Waals surface area contributed by atoms with Crippen molar-refractivity contribution in [2.24, 2.45) is 5.92 Å². The van der Waals surface area contributed by atoms with Gasteiger partial charge in [-0.05, 0) is 127 Å². The topological polar surface area (TPSA) is 102 Å². The van der Waals surface area contributed by atoms with Crippen LogP contribution in [0.4, 0.5) is 5.69 Å². The van der Waals surface area contributed by atoms with Crippen molar-refractivity contribution in [1.29, 1.82) is 0 Å². The lowest BCUT2D eigenvalue weighted by molar-refractivity contribution is -0.152. The number of amides is 3. The van der Waals surface area contributed by atoms with E-state index in [2.05, 4.69) is 95.7 Å². The second-order valence-electron chi connectivity index (χ2n) is 7.79. The minimum atomic E-state index is -1.16. The van der Waals surface area contributed by atoms with E-state index in [1.165, 1.54) is 0 Å². The monoisotopic (exact) mass is 928 g/mol. The number of nitrogens with zero attached hydrogens (tertiary/aromatic N) is 1. The van der Waals surface area contributed by atoms with Crippen molar-refractivity contribution in [1.82, 2.24) is 4.90 Å². The number of halogens is 4. The molecule has 186 valence electrons. The van der Waals surface area contributed by atoms with E-state index in [1.807, 2.05) is 6.92 Å². The molecule has 1 heterocycles. The summed E-state index contributed by atoms with van der Waals surface area (Å²) in [4.78, 5) is 53.0. The maximum atomic E-state index is 13.3. The van der Waals surface area contributed by atoms with Gasteiger partial charge in [0.1, 0.15) is 11.8 Å². The van der Waals surface area contributed by atoms with E-state index in [0.717, 1.165) is 12.0 Å². The second kappa shape index (κ2) is 12.2. The van der Waals surface area contributed by atoms with Gasteiger partial charge in [0.2, 0.25) is 0 Å². The van der Waals surface area contributed by atoms with E-state index >= 15 is 0 Å². The van der Waals surface area contributed by atoms with E-state index in [-0.39, 0.29) is 0 Å². The van der Waals surface area contributed by atoms with Crippen molar-refractivity contribution in [2.45, 2.75) is 26.8 Å². The van der Waals surface area contributed by atoms with Crippen LogP contribution in [0.3, 0.4) is 0 Å². The number of fused-ring (bicyclic) bond motifs is 1. The molecular formula is C23H20I4N2O6. The van der Waals surface area contributed by atoms with Gasteiger partial charge in [0.25, 0.3) is 17.7 Å². The lowest BCUT2D eigenvalue weighted by atomic mass is 10.0. The zero-order chi connectivity index (χ0) is 26.0. The summed E-state index contributed by atoms with van der Waals surface area (Å²) in [5, 5.41) is 2.64. The van der Waals surface area contributed by atoms with Crippen molar-refractivity contribution < 1.29 is 28.7 Å². The van der Waals surface area contributed by atoms with Crippen LogP contribution in [0.25, 0.3) is 0 Å². The van der Waals surface area contributed by atoms with Crippen LogP contribution in [-0.2, 0) is 14.3 Å². The van der Waals surface area contributed by atoms with Crippen molar-refractivity contribution in [3.05, 3.63) is 49.7 Å². The highest BCUT2D eigenvalue weighted by Gasteiger charge is 2.47. The molecule has 0 aliphatic carbocycles. The lowest BCUT2D eigenvalue weighted by Gasteiger charge is -2.27. The number of hydrogen-bond acceptors (Lipinski definition) is 6. The molecule has 0 bridgehead atoms. The van der Waals surface area contributed by atoms with E-state index in [9.17, 15) is 19.2 Å². The number of carbonyl (C=O) groups is 4. The maximum absolute atomic E-state index is 13.3. The third-order valence-corrected chi connectivity index (χ3v) is 12.5. The SMILES string of the molecule is CCOc1ccc(NC(=O)COC(=O)[C@@H](C(C)C)N2C(=O)c3c(I)c(I)c(I)c(I)c3C2=O)cc1. The van der Waals surface area contributed by atoms with Crippen LogP contribution in [-0.4, -0.2) is 47.8 Å². The van der Waals surface area contributed by atoms with Crippen molar-refractivity contribution >= 4 is 120 Å². The summed E-state index contributed by atoms with van der Waals surface area (Å²) < 4.78 is 13.7. The Hall–Kier alpha value is -0.760. The third kappa shape index (κ3) is 6.05. The Morgan fingerprint density at radius 2 is 1.43 bits per heavy atom. The summed E-state index contributed by atoms with van der Waals surface area (Å²) in [6.45, 7) is 5.29. The standard InChI is InChI=1S/C23H20I4N2O6/c1-4-34-12-7-5-11(6-8-12)28-13(30)9-35-23(33)20(10(2)3)29-21(31)14-15(22(29)32)17(25)19(27)18(26)16(14)24/h5-8,10,20H,4,9H2,1-3H3,(H,28,30)/t20-/m1/s1. The van der Waals surface area contributed by atoms with Crippen LogP contribution in [0.1, 0.15) is 41.5 Å². The second-order valence-corrected chi connectivity index (χ2v) is 12.1. The molecule has 1 atom stereocenters. The normalized spacial score (nSPS) is 13.7. The summed E-state index contributed by atoms with van der Waals surface area (Å²) >= 11 is 8.41. The summed E-state index contributed by atoms with van der Waals surface area (Å²) in [5.74, 6) is -2.17. The van der Waals surface area contributed by atoms with Crippen molar-refractivity contribution in [3.8, 4) is 5.75 Å². The molecular weight excluding hydrogens is 908 g/mol. The Labute approximate surface area is 257 Å². The number of carbonyl (C=O) groups excluding carboxylic acids is 4. The van der Waals surface area contributed by atoms with Gasteiger partial charge in [0, 0.05) is 20.0 Å². The van der Waals surface area contributed by atoms with Gasteiger partial charge in [-0.2, -0.15) is 0 Å². The Bertz CT molecular complexity index is 1150. The van der Waals surface area contributed by atoms with Gasteiger partial charge in [-0.3, -0.25) is 19.3 Å². The van der Waals surface area contributed by atoms with Crippen molar-refractivity contribution in [3.63, 3.8) is 0 Å². The number of hydrogen-bond donors (Lipinski definition) is 1. The fourth-order valence-electron chi connectivity index (χ4n) is 3.52. The molecule has 0 saturated heterocycles. The number of nitrogens with one attached hydrogen (secondary N) is 1. The van der Waals surface area contributed by atoms with Crippen LogP contribution in [0.5, 0.6) is 5.75 Å². The van der Waals surface area contributed by atoms with Gasteiger partial charge < -0.3 is 14.8 Å². The Morgan fingerprint density at radius 1 is 0.914 bits per heavy atom. The first kappa shape index (κ1) is 28.8. The van der Waals surface area contributed by atoms with Gasteiger partial charge in [-0.15, -0.1) is 0 Å². The van der Waals surface area contributed by atoms with Crippen LogP contribution >= 0.6 is 90.4 Å². The molecule has 1 aliphatic rings. The van der Waals surface area contributed by atoms with E-state index in [0.29, 0.717) is 36.3 Å². The first-order chi connectivity index (χ1) is 16.5. The molecule has 1 N–H and O–H groups in total. The first-order valence-corrected chi connectivity index (χ1v) is 14.7. The predicted octanol–water partition coefficient (Wildman–Crippen LogP) is 5.31. The third-order valence-electron chi connectivity index (χ3n) is 5.08. The Kier molecular flexibility index (Phi) is 10.0. The van der Waals surface area contributed by atoms with Gasteiger partial charge >= 0.3 is 5.97 Å². The summed E-state index contributed by atoms with van der Waals surface area (Å²) in [5.41, 5.74) is 1.12. The van der Waals surface area contributed by atoms with Crippen LogP contribution in [0, 0.1) is 20.2 Å². The zero-order valence-corrected chi connectivity index (χ0v) is 27.4. The molecule has 0 aromatic heterocycles. The zero-order valence-electron chi connectivity index (χ0n) is 18.8. The van der Waals surface area contributed by atoms with Gasteiger partial charge in [0.05, 0.1) is 17.7 Å². The first-order valence-electron chi connectivity index (χ1n) is 10.4. The quantitative estimate of drug-likeness (QED) is 0.127. The van der Waals surface area contributed by atoms with Crippen LogP contribution in [0.2, 0.25) is 0 Å². The maximum Gasteiger partial charge on any atom is 0.330 e. The number of imide groups is 1. The molecule has 0 fully saturated rings. The highest BCUT2D eigenvalue weighted by Crippen LogP contribution is 2.39. The number of benzene rings is 2. The molecule has 3 amide bonds. The molecule has 8 nitrogen and oxygen atoms in total. The van der Waals surface area contributed by atoms with Gasteiger partial charge in [-0.1, -0.05) is 13.8 Å². The summed E-state index contributed by atoms with van der Waals surface area (Å²) in [7, 11) is 0. The Morgan fingerprint density at radius 3 is 1.89 bits per heavy atom. The fourth-order valence-corrected chi connectivity index (χ4v) is 7.17. The van der Waals surface area contributed by atoms with Crippen molar-refractivity contribution in [2.75, 3.05) is 18.5 Å². The predicted molar refractivity (Wildman–Crippen MR) is 164 cm³/mol. The number of ether oxygens (including phenoxy) is 2. The Balaban J connectivity index is 1.75. The molecule has 0 unspecified atom stereocenters. The largest absolute Gasteiger partial charge is 0.494 e. The summed E-state index contributed by atoms with van der Waals surface area (Å²) in [6.07, 6.45) is 0. The fraction of sp³-hybridized carbons (Fsp3) is 0.304. The van der Waals surface area contributed by atoms with E-state index in [4.69, 9.17) is 9.47 Å². The van der Waals surface area contributed by atoms with Crippen LogP contribution < -0.4 is 10.1 Å². The molecule has 0 radical (unpaired) electrons. The molecule has 35 heavy (non-hydrogen) atoms. The minimum Gasteiger partial charge on any atom is -0.494 e.